The number of hydrogen-bond donors (Lipinski definition) is 2. The molecule has 1 aliphatic heterocycles. The summed E-state index contributed by atoms with van der Waals surface area (Å²) in [4.78, 5) is 13.9. The molecule has 0 bridgehead atoms. The Morgan fingerprint density at radius 2 is 2.22 bits per heavy atom. The van der Waals surface area contributed by atoms with Crippen molar-refractivity contribution in [3.8, 4) is 0 Å². The molecule has 0 aromatic heterocycles. The van der Waals surface area contributed by atoms with Gasteiger partial charge in [0, 0.05) is 38.6 Å². The van der Waals surface area contributed by atoms with E-state index in [0.717, 1.165) is 19.6 Å². The molecule has 5 nitrogen and oxygen atoms in total. The smallest absolute Gasteiger partial charge is 0.221 e. The molecule has 18 heavy (non-hydrogen) atoms. The van der Waals surface area contributed by atoms with Crippen molar-refractivity contribution in [3.05, 3.63) is 0 Å². The van der Waals surface area contributed by atoms with Crippen LogP contribution in [0.5, 0.6) is 0 Å². The number of nitrogens with zero attached hydrogens (tertiary/aromatic N) is 1. The van der Waals surface area contributed by atoms with Crippen LogP contribution >= 0.6 is 0 Å². The number of hydrogen-bond acceptors (Lipinski definition) is 4. The average molecular weight is 257 g/mol. The summed E-state index contributed by atoms with van der Waals surface area (Å²) in [6.45, 7) is 11.0. The number of nitrogens with two attached hydrogens (primary N) is 1. The summed E-state index contributed by atoms with van der Waals surface area (Å²) in [6.07, 6.45) is 0.604. The molecule has 1 fully saturated rings. The van der Waals surface area contributed by atoms with Crippen LogP contribution in [0.1, 0.15) is 34.1 Å². The fraction of sp³-hybridized carbons (Fsp3) is 0.923. The first-order valence-corrected chi connectivity index (χ1v) is 6.72. The molecule has 1 atom stereocenters. The fourth-order valence-electron chi connectivity index (χ4n) is 2.36. The van der Waals surface area contributed by atoms with Gasteiger partial charge in [0.25, 0.3) is 0 Å². The van der Waals surface area contributed by atoms with E-state index in [2.05, 4.69) is 24.1 Å². The highest BCUT2D eigenvalue weighted by molar-refractivity contribution is 5.76. The third-order valence-electron chi connectivity index (χ3n) is 2.92. The summed E-state index contributed by atoms with van der Waals surface area (Å²) in [5, 5.41) is 2.91. The molecule has 1 saturated heterocycles. The van der Waals surface area contributed by atoms with Crippen molar-refractivity contribution >= 4 is 5.91 Å². The van der Waals surface area contributed by atoms with Crippen molar-refractivity contribution < 1.29 is 9.53 Å². The van der Waals surface area contributed by atoms with Crippen LogP contribution in [0.2, 0.25) is 0 Å². The summed E-state index contributed by atoms with van der Waals surface area (Å²) < 4.78 is 5.86. The summed E-state index contributed by atoms with van der Waals surface area (Å²) in [6, 6.07) is 0.204. The number of rotatable bonds is 5. The molecule has 0 saturated carbocycles. The lowest BCUT2D eigenvalue weighted by Crippen LogP contribution is -2.55. The number of amides is 1. The Hall–Kier alpha value is -0.650. The van der Waals surface area contributed by atoms with Gasteiger partial charge in [-0.05, 0) is 27.7 Å². The van der Waals surface area contributed by atoms with Crippen LogP contribution in [0.3, 0.4) is 0 Å². The van der Waals surface area contributed by atoms with Crippen molar-refractivity contribution in [2.75, 3.05) is 26.2 Å². The average Bonchev–Trinajstić information content (AvgIpc) is 2.23. The highest BCUT2D eigenvalue weighted by Gasteiger charge is 2.32. The number of carbonyl (C=O) groups excluding carboxylic acids is 1. The van der Waals surface area contributed by atoms with E-state index in [1.54, 1.807) is 0 Å². The van der Waals surface area contributed by atoms with E-state index in [9.17, 15) is 4.79 Å². The molecule has 0 spiro atoms. The Balaban J connectivity index is 2.39. The van der Waals surface area contributed by atoms with E-state index in [1.807, 2.05) is 13.8 Å². The molecule has 5 heteroatoms. The highest BCUT2D eigenvalue weighted by Crippen LogP contribution is 2.20. The van der Waals surface area contributed by atoms with E-state index < -0.39 is 0 Å². The van der Waals surface area contributed by atoms with Gasteiger partial charge in [-0.25, -0.2) is 0 Å². The van der Waals surface area contributed by atoms with Crippen molar-refractivity contribution in [2.45, 2.75) is 51.9 Å². The molecule has 1 heterocycles. The Kier molecular flexibility index (Phi) is 5.56. The maximum atomic E-state index is 11.6. The third kappa shape index (κ3) is 5.33. The highest BCUT2D eigenvalue weighted by atomic mass is 16.5. The van der Waals surface area contributed by atoms with Gasteiger partial charge in [0.05, 0.1) is 11.7 Å². The summed E-state index contributed by atoms with van der Waals surface area (Å²) in [7, 11) is 0. The second-order valence-electron chi connectivity index (χ2n) is 5.94. The number of carbonyl (C=O) groups is 1. The predicted molar refractivity (Wildman–Crippen MR) is 72.3 cm³/mol. The van der Waals surface area contributed by atoms with E-state index in [-0.39, 0.29) is 23.7 Å². The lowest BCUT2D eigenvalue weighted by molar-refractivity contribution is -0.135. The third-order valence-corrected chi connectivity index (χ3v) is 2.92. The van der Waals surface area contributed by atoms with Gasteiger partial charge in [-0.3, -0.25) is 9.69 Å². The van der Waals surface area contributed by atoms with Crippen molar-refractivity contribution in [2.24, 2.45) is 5.73 Å². The van der Waals surface area contributed by atoms with Gasteiger partial charge in [0.15, 0.2) is 0 Å². The Morgan fingerprint density at radius 1 is 1.56 bits per heavy atom. The van der Waals surface area contributed by atoms with Crippen LogP contribution in [-0.2, 0) is 9.53 Å². The van der Waals surface area contributed by atoms with E-state index >= 15 is 0 Å². The minimum absolute atomic E-state index is 0.0712. The fourth-order valence-corrected chi connectivity index (χ4v) is 2.36. The maximum Gasteiger partial charge on any atom is 0.221 e. The molecule has 1 rings (SSSR count). The Labute approximate surface area is 110 Å². The molecule has 3 N–H and O–H groups in total. The number of morpholine rings is 1. The molecule has 106 valence electrons. The zero-order chi connectivity index (χ0) is 13.8. The molecule has 0 aliphatic carbocycles. The molecule has 0 radical (unpaired) electrons. The normalized spacial score (nSPS) is 24.2. The first kappa shape index (κ1) is 15.4. The zero-order valence-electron chi connectivity index (χ0n) is 12.0. The minimum atomic E-state index is -0.184. The summed E-state index contributed by atoms with van der Waals surface area (Å²) >= 11 is 0. The van der Waals surface area contributed by atoms with E-state index in [0.29, 0.717) is 13.0 Å². The molecule has 0 aromatic rings. The van der Waals surface area contributed by atoms with Gasteiger partial charge >= 0.3 is 0 Å². The Morgan fingerprint density at radius 3 is 2.78 bits per heavy atom. The van der Waals surface area contributed by atoms with Gasteiger partial charge in [-0.15, -0.1) is 0 Å². The first-order valence-electron chi connectivity index (χ1n) is 6.72. The molecule has 1 unspecified atom stereocenters. The quantitative estimate of drug-likeness (QED) is 0.745. The van der Waals surface area contributed by atoms with Gasteiger partial charge in [0.1, 0.15) is 0 Å². The predicted octanol–water partition coefficient (Wildman–Crippen LogP) is 0.339. The monoisotopic (exact) mass is 257 g/mol. The number of nitrogens with one attached hydrogen (secondary N) is 1. The topological polar surface area (TPSA) is 67.6 Å². The second-order valence-corrected chi connectivity index (χ2v) is 5.94. The van der Waals surface area contributed by atoms with Crippen LogP contribution < -0.4 is 11.1 Å². The molecule has 1 amide bonds. The van der Waals surface area contributed by atoms with Crippen LogP contribution in [0.25, 0.3) is 0 Å². The zero-order valence-corrected chi connectivity index (χ0v) is 12.0. The van der Waals surface area contributed by atoms with Gasteiger partial charge in [-0.2, -0.15) is 0 Å². The molecular weight excluding hydrogens is 230 g/mol. The molecule has 1 aliphatic rings. The van der Waals surface area contributed by atoms with Crippen LogP contribution in [0.4, 0.5) is 0 Å². The molecule has 0 aromatic carbocycles. The van der Waals surface area contributed by atoms with Crippen LogP contribution in [0, 0.1) is 0 Å². The van der Waals surface area contributed by atoms with Gasteiger partial charge in [-0.1, -0.05) is 0 Å². The largest absolute Gasteiger partial charge is 0.368 e. The SMILES string of the molecule is CC(C)NC(=O)CCN1CC(CN)OC(C)(C)C1. The number of ether oxygens (including phenoxy) is 1. The Bertz CT molecular complexity index is 279. The first-order chi connectivity index (χ1) is 8.32. The lowest BCUT2D eigenvalue weighted by Gasteiger charge is -2.42. The van der Waals surface area contributed by atoms with Gasteiger partial charge in [0.2, 0.25) is 5.91 Å². The standard InChI is InChI=1S/C13H27N3O2/c1-10(2)15-12(17)5-6-16-8-11(7-14)18-13(3,4)9-16/h10-11H,5-9,14H2,1-4H3,(H,15,17). The van der Waals surface area contributed by atoms with E-state index in [4.69, 9.17) is 10.5 Å². The van der Waals surface area contributed by atoms with Gasteiger partial charge < -0.3 is 15.8 Å². The summed E-state index contributed by atoms with van der Waals surface area (Å²) in [5.41, 5.74) is 5.49. The minimum Gasteiger partial charge on any atom is -0.368 e. The summed E-state index contributed by atoms with van der Waals surface area (Å²) in [5.74, 6) is 0.110. The molecular formula is C13H27N3O2. The van der Waals surface area contributed by atoms with Crippen molar-refractivity contribution in [1.82, 2.24) is 10.2 Å². The second kappa shape index (κ2) is 6.50. The van der Waals surface area contributed by atoms with Crippen LogP contribution in [-0.4, -0.2) is 54.7 Å². The van der Waals surface area contributed by atoms with E-state index in [1.165, 1.54) is 0 Å². The van der Waals surface area contributed by atoms with Crippen molar-refractivity contribution in [1.29, 1.82) is 0 Å². The van der Waals surface area contributed by atoms with Crippen molar-refractivity contribution in [3.63, 3.8) is 0 Å². The van der Waals surface area contributed by atoms with Crippen LogP contribution in [0.15, 0.2) is 0 Å². The lowest BCUT2D eigenvalue weighted by atomic mass is 10.0. The maximum absolute atomic E-state index is 11.6.